The van der Waals surface area contributed by atoms with Gasteiger partial charge in [-0.05, 0) is 30.9 Å². The van der Waals surface area contributed by atoms with Gasteiger partial charge in [0, 0.05) is 37.9 Å². The SMILES string of the molecule is CC(C)[C@H](NC(=O)[C@@H]1CC(=O)N(c2ccc3c(c2)OCCO3)C1)C(=O)NC[C@H]1CCCO1. The fraction of sp³-hybridized carbons (Fsp3) is 0.609. The van der Waals surface area contributed by atoms with Crippen molar-refractivity contribution >= 4 is 23.4 Å². The third-order valence-electron chi connectivity index (χ3n) is 6.11. The van der Waals surface area contributed by atoms with Crippen molar-refractivity contribution in [2.24, 2.45) is 11.8 Å². The molecule has 4 rings (SSSR count). The van der Waals surface area contributed by atoms with Gasteiger partial charge in [0.15, 0.2) is 11.5 Å². The van der Waals surface area contributed by atoms with E-state index in [0.29, 0.717) is 36.9 Å². The van der Waals surface area contributed by atoms with Gasteiger partial charge in [-0.2, -0.15) is 0 Å². The van der Waals surface area contributed by atoms with Gasteiger partial charge >= 0.3 is 0 Å². The van der Waals surface area contributed by atoms with Crippen molar-refractivity contribution in [3.05, 3.63) is 18.2 Å². The van der Waals surface area contributed by atoms with E-state index >= 15 is 0 Å². The van der Waals surface area contributed by atoms with E-state index < -0.39 is 12.0 Å². The van der Waals surface area contributed by atoms with Crippen LogP contribution in [0.3, 0.4) is 0 Å². The van der Waals surface area contributed by atoms with Gasteiger partial charge in [-0.1, -0.05) is 13.8 Å². The summed E-state index contributed by atoms with van der Waals surface area (Å²) in [5.41, 5.74) is 0.671. The Morgan fingerprint density at radius 1 is 1.16 bits per heavy atom. The molecule has 3 aliphatic heterocycles. The van der Waals surface area contributed by atoms with Crippen molar-refractivity contribution in [2.75, 3.05) is 37.8 Å². The molecule has 2 fully saturated rings. The highest BCUT2D eigenvalue weighted by Gasteiger charge is 2.37. The molecule has 0 radical (unpaired) electrons. The van der Waals surface area contributed by atoms with Crippen LogP contribution < -0.4 is 25.0 Å². The first-order chi connectivity index (χ1) is 15.4. The molecular formula is C23H31N3O6. The lowest BCUT2D eigenvalue weighted by Crippen LogP contribution is -2.52. The van der Waals surface area contributed by atoms with Crippen LogP contribution in [-0.2, 0) is 19.1 Å². The van der Waals surface area contributed by atoms with E-state index in [1.807, 2.05) is 13.8 Å². The van der Waals surface area contributed by atoms with Crippen LogP contribution in [0.2, 0.25) is 0 Å². The Hall–Kier alpha value is -2.81. The molecule has 9 heteroatoms. The van der Waals surface area contributed by atoms with Crippen LogP contribution in [0.4, 0.5) is 5.69 Å². The maximum Gasteiger partial charge on any atom is 0.242 e. The molecule has 0 unspecified atom stereocenters. The Morgan fingerprint density at radius 3 is 2.66 bits per heavy atom. The van der Waals surface area contributed by atoms with Crippen LogP contribution >= 0.6 is 0 Å². The Bertz CT molecular complexity index is 867. The number of carbonyl (C=O) groups is 3. The summed E-state index contributed by atoms with van der Waals surface area (Å²) in [5.74, 6) is -0.0173. The van der Waals surface area contributed by atoms with Crippen molar-refractivity contribution < 1.29 is 28.6 Å². The summed E-state index contributed by atoms with van der Waals surface area (Å²) in [6.45, 7) is 6.15. The maximum absolute atomic E-state index is 12.9. The molecule has 32 heavy (non-hydrogen) atoms. The topological polar surface area (TPSA) is 106 Å². The molecule has 0 saturated carbocycles. The summed E-state index contributed by atoms with van der Waals surface area (Å²) in [7, 11) is 0. The fourth-order valence-corrected chi connectivity index (χ4v) is 4.27. The lowest BCUT2D eigenvalue weighted by Gasteiger charge is -2.24. The molecule has 174 valence electrons. The second kappa shape index (κ2) is 9.77. The largest absolute Gasteiger partial charge is 0.486 e. The molecule has 0 aromatic heterocycles. The smallest absolute Gasteiger partial charge is 0.242 e. The van der Waals surface area contributed by atoms with E-state index in [1.165, 1.54) is 0 Å². The zero-order valence-corrected chi connectivity index (χ0v) is 18.6. The summed E-state index contributed by atoms with van der Waals surface area (Å²) in [4.78, 5) is 39.9. The first kappa shape index (κ1) is 22.4. The van der Waals surface area contributed by atoms with E-state index in [2.05, 4.69) is 10.6 Å². The summed E-state index contributed by atoms with van der Waals surface area (Å²) in [5, 5.41) is 5.75. The molecule has 3 atom stereocenters. The molecule has 0 bridgehead atoms. The number of nitrogens with zero attached hydrogens (tertiary/aromatic N) is 1. The second-order valence-electron chi connectivity index (χ2n) is 8.84. The van der Waals surface area contributed by atoms with E-state index in [-0.39, 0.29) is 42.7 Å². The zero-order valence-electron chi connectivity index (χ0n) is 18.6. The molecular weight excluding hydrogens is 414 g/mol. The molecule has 3 amide bonds. The van der Waals surface area contributed by atoms with E-state index in [9.17, 15) is 14.4 Å². The third-order valence-corrected chi connectivity index (χ3v) is 6.11. The van der Waals surface area contributed by atoms with Gasteiger partial charge in [0.25, 0.3) is 0 Å². The van der Waals surface area contributed by atoms with Crippen molar-refractivity contribution in [2.45, 2.75) is 45.3 Å². The van der Waals surface area contributed by atoms with Crippen molar-refractivity contribution in [3.63, 3.8) is 0 Å². The Balaban J connectivity index is 1.36. The van der Waals surface area contributed by atoms with Gasteiger partial charge in [0.1, 0.15) is 19.3 Å². The standard InChI is InChI=1S/C23H31N3O6/c1-14(2)21(23(29)24-12-17-4-3-7-30-17)25-22(28)15-10-20(27)26(13-15)16-5-6-18-19(11-16)32-9-8-31-18/h5-6,11,14-15,17,21H,3-4,7-10,12-13H2,1-2H3,(H,24,29)(H,25,28)/t15-,17-,21+/m1/s1. The number of carbonyl (C=O) groups excluding carboxylic acids is 3. The normalized spacial score (nSPS) is 23.3. The molecule has 1 aromatic carbocycles. The molecule has 9 nitrogen and oxygen atoms in total. The number of hydrogen-bond donors (Lipinski definition) is 2. The summed E-state index contributed by atoms with van der Waals surface area (Å²) >= 11 is 0. The van der Waals surface area contributed by atoms with Crippen LogP contribution in [0.1, 0.15) is 33.1 Å². The van der Waals surface area contributed by atoms with Crippen LogP contribution in [0.15, 0.2) is 18.2 Å². The minimum absolute atomic E-state index is 0.0365. The highest BCUT2D eigenvalue weighted by Crippen LogP contribution is 2.36. The predicted octanol–water partition coefficient (Wildman–Crippen LogP) is 1.25. The molecule has 3 heterocycles. The number of nitrogens with one attached hydrogen (secondary N) is 2. The van der Waals surface area contributed by atoms with E-state index in [4.69, 9.17) is 14.2 Å². The number of anilines is 1. The van der Waals surface area contributed by atoms with Gasteiger partial charge in [0.05, 0.1) is 12.0 Å². The lowest BCUT2D eigenvalue weighted by molar-refractivity contribution is -0.132. The summed E-state index contributed by atoms with van der Waals surface area (Å²) in [6.07, 6.45) is 2.07. The van der Waals surface area contributed by atoms with Crippen LogP contribution in [-0.4, -0.2) is 62.8 Å². The minimum Gasteiger partial charge on any atom is -0.486 e. The van der Waals surface area contributed by atoms with Crippen LogP contribution in [0.5, 0.6) is 11.5 Å². The van der Waals surface area contributed by atoms with Gasteiger partial charge in [-0.3, -0.25) is 14.4 Å². The van der Waals surface area contributed by atoms with Gasteiger partial charge in [-0.25, -0.2) is 0 Å². The number of ether oxygens (including phenoxy) is 3. The summed E-state index contributed by atoms with van der Waals surface area (Å²) < 4.78 is 16.7. The Labute approximate surface area is 187 Å². The highest BCUT2D eigenvalue weighted by atomic mass is 16.6. The van der Waals surface area contributed by atoms with E-state index in [1.54, 1.807) is 23.1 Å². The zero-order chi connectivity index (χ0) is 22.7. The van der Waals surface area contributed by atoms with Crippen molar-refractivity contribution in [3.8, 4) is 11.5 Å². The van der Waals surface area contributed by atoms with Crippen LogP contribution in [0.25, 0.3) is 0 Å². The average molecular weight is 446 g/mol. The predicted molar refractivity (Wildman–Crippen MR) is 117 cm³/mol. The first-order valence-electron chi connectivity index (χ1n) is 11.3. The molecule has 2 N–H and O–H groups in total. The minimum atomic E-state index is -0.664. The third kappa shape index (κ3) is 4.98. The summed E-state index contributed by atoms with van der Waals surface area (Å²) in [6, 6.07) is 4.67. The Morgan fingerprint density at radius 2 is 1.94 bits per heavy atom. The Kier molecular flexibility index (Phi) is 6.83. The number of amides is 3. The molecule has 2 saturated heterocycles. The highest BCUT2D eigenvalue weighted by molar-refractivity contribution is 6.01. The fourth-order valence-electron chi connectivity index (χ4n) is 4.27. The number of fused-ring (bicyclic) bond motifs is 1. The number of hydrogen-bond acceptors (Lipinski definition) is 6. The average Bonchev–Trinajstić information content (AvgIpc) is 3.45. The molecule has 0 spiro atoms. The van der Waals surface area contributed by atoms with E-state index in [0.717, 1.165) is 19.4 Å². The van der Waals surface area contributed by atoms with Crippen molar-refractivity contribution in [1.82, 2.24) is 10.6 Å². The van der Waals surface area contributed by atoms with Gasteiger partial charge < -0.3 is 29.7 Å². The lowest BCUT2D eigenvalue weighted by atomic mass is 10.0. The quantitative estimate of drug-likeness (QED) is 0.654. The molecule has 3 aliphatic rings. The monoisotopic (exact) mass is 445 g/mol. The van der Waals surface area contributed by atoms with Crippen LogP contribution in [0, 0.1) is 11.8 Å². The maximum atomic E-state index is 12.9. The number of benzene rings is 1. The van der Waals surface area contributed by atoms with Gasteiger partial charge in [-0.15, -0.1) is 0 Å². The number of rotatable bonds is 7. The molecule has 0 aliphatic carbocycles. The van der Waals surface area contributed by atoms with Crippen molar-refractivity contribution in [1.29, 1.82) is 0 Å². The first-order valence-corrected chi connectivity index (χ1v) is 11.3. The van der Waals surface area contributed by atoms with Gasteiger partial charge in [0.2, 0.25) is 17.7 Å². The second-order valence-corrected chi connectivity index (χ2v) is 8.84. The molecule has 1 aromatic rings.